The third-order valence-corrected chi connectivity index (χ3v) is 4.04. The maximum absolute atomic E-state index is 11.6. The first kappa shape index (κ1) is 12.8. The Bertz CT molecular complexity index is 246. The molecule has 1 heterocycles. The van der Waals surface area contributed by atoms with E-state index >= 15 is 0 Å². The predicted molar refractivity (Wildman–Crippen MR) is 66.6 cm³/mol. The third-order valence-electron chi connectivity index (χ3n) is 4.04. The molecule has 1 saturated heterocycles. The summed E-state index contributed by atoms with van der Waals surface area (Å²) in [6, 6.07) is 0. The van der Waals surface area contributed by atoms with Gasteiger partial charge in [-0.05, 0) is 57.0 Å². The number of hydrogen-bond acceptors (Lipinski definition) is 3. The maximum atomic E-state index is 11.6. The summed E-state index contributed by atoms with van der Waals surface area (Å²) < 4.78 is 0. The van der Waals surface area contributed by atoms with Gasteiger partial charge in [-0.3, -0.25) is 4.79 Å². The summed E-state index contributed by atoms with van der Waals surface area (Å²) >= 11 is 0. The van der Waals surface area contributed by atoms with E-state index in [0.29, 0.717) is 12.3 Å². The molecular weight excluding hydrogens is 216 g/mol. The molecule has 1 saturated carbocycles. The number of rotatable bonds is 5. The molecule has 0 radical (unpaired) electrons. The van der Waals surface area contributed by atoms with Gasteiger partial charge in [-0.25, -0.2) is 0 Å². The highest BCUT2D eigenvalue weighted by atomic mass is 16.3. The van der Waals surface area contributed by atoms with Crippen LogP contribution in [0.5, 0.6) is 0 Å². The highest BCUT2D eigenvalue weighted by Gasteiger charge is 2.27. The molecule has 2 fully saturated rings. The van der Waals surface area contributed by atoms with Crippen LogP contribution >= 0.6 is 0 Å². The second-order valence-electron chi connectivity index (χ2n) is 5.53. The van der Waals surface area contributed by atoms with E-state index in [1.165, 1.54) is 12.8 Å². The molecule has 0 unspecified atom stereocenters. The van der Waals surface area contributed by atoms with Crippen molar-refractivity contribution in [2.45, 2.75) is 44.6 Å². The normalized spacial score (nSPS) is 29.7. The molecule has 98 valence electrons. The zero-order valence-corrected chi connectivity index (χ0v) is 10.5. The Morgan fingerprint density at radius 3 is 2.59 bits per heavy atom. The minimum atomic E-state index is -0.119. The minimum Gasteiger partial charge on any atom is -0.393 e. The molecule has 1 amide bonds. The van der Waals surface area contributed by atoms with Crippen LogP contribution in [0.2, 0.25) is 0 Å². The summed E-state index contributed by atoms with van der Waals surface area (Å²) in [5, 5.41) is 15.5. The van der Waals surface area contributed by atoms with Gasteiger partial charge >= 0.3 is 0 Å². The van der Waals surface area contributed by atoms with Crippen molar-refractivity contribution in [2.24, 2.45) is 11.8 Å². The Balaban J connectivity index is 1.51. The number of nitrogens with one attached hydrogen (secondary N) is 2. The smallest absolute Gasteiger partial charge is 0.220 e. The number of amides is 1. The van der Waals surface area contributed by atoms with Gasteiger partial charge in [-0.15, -0.1) is 0 Å². The first-order valence-electron chi connectivity index (χ1n) is 6.89. The fourth-order valence-corrected chi connectivity index (χ4v) is 2.72. The zero-order valence-electron chi connectivity index (χ0n) is 10.5. The van der Waals surface area contributed by atoms with Crippen molar-refractivity contribution in [1.29, 1.82) is 0 Å². The van der Waals surface area contributed by atoms with E-state index in [4.69, 9.17) is 5.11 Å². The van der Waals surface area contributed by atoms with Gasteiger partial charge in [0.25, 0.3) is 0 Å². The standard InChI is InChI=1S/C13H24N2O2/c16-12-7-11(8-12)9-15-13(17)2-1-10-3-5-14-6-4-10/h10-12,14,16H,1-9H2,(H,15,17). The molecule has 0 aromatic rings. The lowest BCUT2D eigenvalue weighted by Crippen LogP contribution is -2.38. The van der Waals surface area contributed by atoms with Crippen LogP contribution in [0.1, 0.15) is 38.5 Å². The second-order valence-corrected chi connectivity index (χ2v) is 5.53. The van der Waals surface area contributed by atoms with Gasteiger partial charge in [0, 0.05) is 13.0 Å². The van der Waals surface area contributed by atoms with Crippen LogP contribution in [0.15, 0.2) is 0 Å². The molecule has 0 bridgehead atoms. The predicted octanol–water partition coefficient (Wildman–Crippen LogP) is 0.653. The highest BCUT2D eigenvalue weighted by Crippen LogP contribution is 2.26. The van der Waals surface area contributed by atoms with Gasteiger partial charge < -0.3 is 15.7 Å². The van der Waals surface area contributed by atoms with E-state index in [1.54, 1.807) is 0 Å². The van der Waals surface area contributed by atoms with Crippen molar-refractivity contribution in [1.82, 2.24) is 10.6 Å². The fraction of sp³-hybridized carbons (Fsp3) is 0.923. The molecule has 3 N–H and O–H groups in total. The quantitative estimate of drug-likeness (QED) is 0.661. The number of hydrogen-bond donors (Lipinski definition) is 3. The number of carbonyl (C=O) groups is 1. The first-order chi connectivity index (χ1) is 8.24. The van der Waals surface area contributed by atoms with E-state index in [-0.39, 0.29) is 12.0 Å². The molecule has 0 atom stereocenters. The molecule has 4 heteroatoms. The summed E-state index contributed by atoms with van der Waals surface area (Å²) in [5.74, 6) is 1.42. The molecule has 2 aliphatic rings. The van der Waals surface area contributed by atoms with Gasteiger partial charge in [-0.2, -0.15) is 0 Å². The van der Waals surface area contributed by atoms with Crippen molar-refractivity contribution in [2.75, 3.05) is 19.6 Å². The van der Waals surface area contributed by atoms with Crippen LogP contribution in [0.25, 0.3) is 0 Å². The number of aliphatic hydroxyl groups excluding tert-OH is 1. The van der Waals surface area contributed by atoms with Gasteiger partial charge in [0.1, 0.15) is 0 Å². The van der Waals surface area contributed by atoms with Crippen LogP contribution in [-0.4, -0.2) is 36.8 Å². The Labute approximate surface area is 103 Å². The first-order valence-corrected chi connectivity index (χ1v) is 6.89. The van der Waals surface area contributed by atoms with Crippen LogP contribution in [0.4, 0.5) is 0 Å². The van der Waals surface area contributed by atoms with E-state index in [9.17, 15) is 4.79 Å². The van der Waals surface area contributed by atoms with Crippen LogP contribution in [-0.2, 0) is 4.79 Å². The van der Waals surface area contributed by atoms with Gasteiger partial charge in [0.15, 0.2) is 0 Å². The van der Waals surface area contributed by atoms with Crippen LogP contribution in [0.3, 0.4) is 0 Å². The van der Waals surface area contributed by atoms with Crippen molar-refractivity contribution in [3.8, 4) is 0 Å². The van der Waals surface area contributed by atoms with Gasteiger partial charge in [0.2, 0.25) is 5.91 Å². The Hall–Kier alpha value is -0.610. The lowest BCUT2D eigenvalue weighted by Gasteiger charge is -2.31. The van der Waals surface area contributed by atoms with Gasteiger partial charge in [-0.1, -0.05) is 0 Å². The summed E-state index contributed by atoms with van der Waals surface area (Å²) in [6.07, 6.45) is 5.71. The molecule has 0 aromatic heterocycles. The van der Waals surface area contributed by atoms with E-state index in [1.807, 2.05) is 0 Å². The Morgan fingerprint density at radius 1 is 1.24 bits per heavy atom. The molecule has 0 aromatic carbocycles. The SMILES string of the molecule is O=C(CCC1CCNCC1)NCC1CC(O)C1. The molecule has 2 rings (SSSR count). The van der Waals surface area contributed by atoms with Crippen molar-refractivity contribution < 1.29 is 9.90 Å². The molecule has 4 nitrogen and oxygen atoms in total. The molecule has 1 aliphatic carbocycles. The fourth-order valence-electron chi connectivity index (χ4n) is 2.72. The summed E-state index contributed by atoms with van der Waals surface area (Å²) in [4.78, 5) is 11.6. The van der Waals surface area contributed by atoms with E-state index in [0.717, 1.165) is 44.8 Å². The summed E-state index contributed by atoms with van der Waals surface area (Å²) in [5.41, 5.74) is 0. The Kier molecular flexibility index (Phi) is 4.80. The summed E-state index contributed by atoms with van der Waals surface area (Å²) in [7, 11) is 0. The molecular formula is C13H24N2O2. The van der Waals surface area contributed by atoms with Crippen LogP contribution < -0.4 is 10.6 Å². The second kappa shape index (κ2) is 6.36. The molecule has 1 aliphatic heterocycles. The lowest BCUT2D eigenvalue weighted by atomic mass is 9.82. The third kappa shape index (κ3) is 4.28. The average molecular weight is 240 g/mol. The maximum Gasteiger partial charge on any atom is 0.220 e. The zero-order chi connectivity index (χ0) is 12.1. The van der Waals surface area contributed by atoms with Crippen molar-refractivity contribution >= 4 is 5.91 Å². The Morgan fingerprint density at radius 2 is 1.94 bits per heavy atom. The molecule has 17 heavy (non-hydrogen) atoms. The summed E-state index contributed by atoms with van der Waals surface area (Å²) in [6.45, 7) is 2.96. The van der Waals surface area contributed by atoms with Gasteiger partial charge in [0.05, 0.1) is 6.10 Å². The lowest BCUT2D eigenvalue weighted by molar-refractivity contribution is -0.122. The topological polar surface area (TPSA) is 61.4 Å². The molecule has 0 spiro atoms. The largest absolute Gasteiger partial charge is 0.393 e. The average Bonchev–Trinajstić information content (AvgIpc) is 2.32. The van der Waals surface area contributed by atoms with E-state index in [2.05, 4.69) is 10.6 Å². The van der Waals surface area contributed by atoms with Crippen molar-refractivity contribution in [3.63, 3.8) is 0 Å². The van der Waals surface area contributed by atoms with Crippen molar-refractivity contribution in [3.05, 3.63) is 0 Å². The van der Waals surface area contributed by atoms with E-state index < -0.39 is 0 Å². The minimum absolute atomic E-state index is 0.119. The van der Waals surface area contributed by atoms with Crippen LogP contribution in [0, 0.1) is 11.8 Å². The monoisotopic (exact) mass is 240 g/mol. The highest BCUT2D eigenvalue weighted by molar-refractivity contribution is 5.75. The number of carbonyl (C=O) groups excluding carboxylic acids is 1. The number of piperidine rings is 1. The number of aliphatic hydroxyl groups is 1.